The predicted octanol–water partition coefficient (Wildman–Crippen LogP) is 3.36. The topological polar surface area (TPSA) is 85.9 Å². The molecule has 1 heterocycles. The fourth-order valence-electron chi connectivity index (χ4n) is 2.62. The van der Waals surface area contributed by atoms with Crippen LogP contribution in [0, 0.1) is 0 Å². The monoisotopic (exact) mass is 382 g/mol. The minimum Gasteiger partial charge on any atom is -0.463 e. The predicted molar refractivity (Wildman–Crippen MR) is 105 cm³/mol. The number of fused-ring (bicyclic) bond motifs is 1. The summed E-state index contributed by atoms with van der Waals surface area (Å²) in [6, 6.07) is 12.6. The molecule has 2 amide bonds. The molecule has 3 rings (SSSR count). The van der Waals surface area contributed by atoms with Crippen molar-refractivity contribution in [3.05, 3.63) is 59.7 Å². The van der Waals surface area contributed by atoms with E-state index in [4.69, 9.17) is 14.2 Å². The van der Waals surface area contributed by atoms with Gasteiger partial charge < -0.3 is 24.8 Å². The van der Waals surface area contributed by atoms with E-state index < -0.39 is 0 Å². The molecule has 28 heavy (non-hydrogen) atoms. The maximum Gasteiger partial charge on any atom is 0.330 e. The number of benzene rings is 2. The van der Waals surface area contributed by atoms with Gasteiger partial charge in [-0.1, -0.05) is 18.2 Å². The molecule has 0 bridgehead atoms. The van der Waals surface area contributed by atoms with Crippen molar-refractivity contribution >= 4 is 23.8 Å². The van der Waals surface area contributed by atoms with E-state index in [9.17, 15) is 9.59 Å². The summed E-state index contributed by atoms with van der Waals surface area (Å²) in [5.41, 5.74) is 2.55. The van der Waals surface area contributed by atoms with Crippen LogP contribution >= 0.6 is 0 Å². The normalized spacial score (nSPS) is 12.0. The molecule has 0 spiro atoms. The first-order chi connectivity index (χ1) is 13.6. The second kappa shape index (κ2) is 9.45. The van der Waals surface area contributed by atoms with Crippen molar-refractivity contribution in [3.63, 3.8) is 0 Å². The van der Waals surface area contributed by atoms with E-state index in [1.165, 1.54) is 6.08 Å². The van der Waals surface area contributed by atoms with E-state index in [1.54, 1.807) is 37.3 Å². The average Bonchev–Trinajstić information content (AvgIpc) is 3.15. The number of rotatable bonds is 7. The SMILES string of the molecule is CCOC(=O)/C=C/c1ccc(NC(=O)NCCc2ccc3c(c2)OCO3)cc1. The Morgan fingerprint density at radius 2 is 1.89 bits per heavy atom. The van der Waals surface area contributed by atoms with E-state index in [0.717, 1.165) is 22.6 Å². The first kappa shape index (κ1) is 19.3. The Kier molecular flexibility index (Phi) is 6.51. The number of urea groups is 1. The molecule has 0 atom stereocenters. The number of ether oxygens (including phenoxy) is 3. The second-order valence-electron chi connectivity index (χ2n) is 6.03. The number of amides is 2. The summed E-state index contributed by atoms with van der Waals surface area (Å²) in [7, 11) is 0. The molecule has 2 aromatic rings. The van der Waals surface area contributed by atoms with Crippen molar-refractivity contribution in [2.75, 3.05) is 25.3 Å². The quantitative estimate of drug-likeness (QED) is 0.567. The van der Waals surface area contributed by atoms with E-state index in [-0.39, 0.29) is 18.8 Å². The zero-order valence-corrected chi connectivity index (χ0v) is 15.6. The molecule has 0 saturated heterocycles. The van der Waals surface area contributed by atoms with Gasteiger partial charge in [-0.15, -0.1) is 0 Å². The summed E-state index contributed by atoms with van der Waals surface area (Å²) in [6.45, 7) is 2.84. The smallest absolute Gasteiger partial charge is 0.330 e. The molecule has 0 unspecified atom stereocenters. The van der Waals surface area contributed by atoms with Gasteiger partial charge in [-0.05, 0) is 54.8 Å². The molecule has 146 valence electrons. The first-order valence-electron chi connectivity index (χ1n) is 9.02. The Balaban J connectivity index is 1.42. The zero-order chi connectivity index (χ0) is 19.8. The van der Waals surface area contributed by atoms with Crippen molar-refractivity contribution in [2.24, 2.45) is 0 Å². The first-order valence-corrected chi connectivity index (χ1v) is 9.02. The van der Waals surface area contributed by atoms with Gasteiger partial charge in [-0.3, -0.25) is 0 Å². The average molecular weight is 382 g/mol. The maximum atomic E-state index is 12.0. The van der Waals surface area contributed by atoms with Crippen LogP contribution in [0.2, 0.25) is 0 Å². The van der Waals surface area contributed by atoms with Crippen LogP contribution in [0.25, 0.3) is 6.08 Å². The number of anilines is 1. The summed E-state index contributed by atoms with van der Waals surface area (Å²) < 4.78 is 15.5. The minimum absolute atomic E-state index is 0.247. The highest BCUT2D eigenvalue weighted by Crippen LogP contribution is 2.32. The lowest BCUT2D eigenvalue weighted by atomic mass is 10.1. The van der Waals surface area contributed by atoms with Crippen LogP contribution in [0.5, 0.6) is 11.5 Å². The number of carbonyl (C=O) groups is 2. The molecule has 1 aliphatic rings. The van der Waals surface area contributed by atoms with Crippen LogP contribution in [0.1, 0.15) is 18.1 Å². The lowest BCUT2D eigenvalue weighted by Crippen LogP contribution is -2.30. The Morgan fingerprint density at radius 3 is 2.68 bits per heavy atom. The summed E-state index contributed by atoms with van der Waals surface area (Å²) in [5.74, 6) is 1.10. The lowest BCUT2D eigenvalue weighted by molar-refractivity contribution is -0.137. The number of hydrogen-bond donors (Lipinski definition) is 2. The van der Waals surface area contributed by atoms with Gasteiger partial charge in [0.25, 0.3) is 0 Å². The largest absolute Gasteiger partial charge is 0.463 e. The van der Waals surface area contributed by atoms with Crippen LogP contribution < -0.4 is 20.1 Å². The van der Waals surface area contributed by atoms with Crippen molar-refractivity contribution in [1.82, 2.24) is 5.32 Å². The van der Waals surface area contributed by atoms with Gasteiger partial charge in [0.15, 0.2) is 11.5 Å². The second-order valence-corrected chi connectivity index (χ2v) is 6.03. The molecule has 2 N–H and O–H groups in total. The molecule has 0 radical (unpaired) electrons. The summed E-state index contributed by atoms with van der Waals surface area (Å²) in [6.07, 6.45) is 3.71. The fourth-order valence-corrected chi connectivity index (χ4v) is 2.62. The molecular weight excluding hydrogens is 360 g/mol. The number of hydrogen-bond acceptors (Lipinski definition) is 5. The van der Waals surface area contributed by atoms with Crippen LogP contribution in [-0.4, -0.2) is 31.9 Å². The van der Waals surface area contributed by atoms with Gasteiger partial charge in [-0.25, -0.2) is 9.59 Å². The van der Waals surface area contributed by atoms with Gasteiger partial charge in [0.1, 0.15) is 0 Å². The molecule has 2 aromatic carbocycles. The van der Waals surface area contributed by atoms with Gasteiger partial charge in [0, 0.05) is 18.3 Å². The van der Waals surface area contributed by atoms with E-state index >= 15 is 0 Å². The molecule has 1 aliphatic heterocycles. The van der Waals surface area contributed by atoms with Crippen molar-refractivity contribution < 1.29 is 23.8 Å². The molecule has 0 fully saturated rings. The van der Waals surface area contributed by atoms with Crippen LogP contribution in [-0.2, 0) is 16.0 Å². The van der Waals surface area contributed by atoms with Crippen LogP contribution in [0.15, 0.2) is 48.5 Å². The Hall–Kier alpha value is -3.48. The highest BCUT2D eigenvalue weighted by Gasteiger charge is 2.13. The fraction of sp³-hybridized carbons (Fsp3) is 0.238. The third-order valence-electron chi connectivity index (χ3n) is 4.00. The third kappa shape index (κ3) is 5.51. The number of carbonyl (C=O) groups excluding carboxylic acids is 2. The minimum atomic E-state index is -0.383. The molecule has 7 heteroatoms. The molecule has 0 aromatic heterocycles. The Labute approximate surface area is 163 Å². The maximum absolute atomic E-state index is 12.0. The Morgan fingerprint density at radius 1 is 1.11 bits per heavy atom. The Bertz CT molecular complexity index is 862. The van der Waals surface area contributed by atoms with Gasteiger partial charge in [0.05, 0.1) is 6.61 Å². The summed E-state index contributed by atoms with van der Waals surface area (Å²) in [4.78, 5) is 23.3. The van der Waals surface area contributed by atoms with Crippen molar-refractivity contribution in [3.8, 4) is 11.5 Å². The highest BCUT2D eigenvalue weighted by molar-refractivity contribution is 5.90. The van der Waals surface area contributed by atoms with Crippen LogP contribution in [0.3, 0.4) is 0 Å². The number of nitrogens with one attached hydrogen (secondary N) is 2. The summed E-state index contributed by atoms with van der Waals surface area (Å²) in [5, 5.41) is 5.59. The van der Waals surface area contributed by atoms with Crippen molar-refractivity contribution in [1.29, 1.82) is 0 Å². The molecule has 0 saturated carbocycles. The van der Waals surface area contributed by atoms with Gasteiger partial charge >= 0.3 is 12.0 Å². The lowest BCUT2D eigenvalue weighted by Gasteiger charge is -2.08. The third-order valence-corrected chi connectivity index (χ3v) is 4.00. The van der Waals surface area contributed by atoms with Gasteiger partial charge in [-0.2, -0.15) is 0 Å². The van der Waals surface area contributed by atoms with E-state index in [2.05, 4.69) is 10.6 Å². The van der Waals surface area contributed by atoms with E-state index in [1.807, 2.05) is 18.2 Å². The zero-order valence-electron chi connectivity index (χ0n) is 15.6. The summed E-state index contributed by atoms with van der Waals surface area (Å²) >= 11 is 0. The van der Waals surface area contributed by atoms with E-state index in [0.29, 0.717) is 25.3 Å². The highest BCUT2D eigenvalue weighted by atomic mass is 16.7. The number of esters is 1. The standard InChI is InChI=1S/C21H22N2O5/c1-2-26-20(24)10-6-15-3-7-17(8-4-15)23-21(25)22-12-11-16-5-9-18-19(13-16)28-14-27-18/h3-10,13H,2,11-12,14H2,1H3,(H2,22,23,25)/b10-6+. The molecule has 7 nitrogen and oxygen atoms in total. The van der Waals surface area contributed by atoms with Gasteiger partial charge in [0.2, 0.25) is 6.79 Å². The molecule has 0 aliphatic carbocycles. The van der Waals surface area contributed by atoms with Crippen LogP contribution in [0.4, 0.5) is 10.5 Å². The molecular formula is C21H22N2O5. The van der Waals surface area contributed by atoms with Crippen molar-refractivity contribution in [2.45, 2.75) is 13.3 Å².